The average molecular weight is 390 g/mol. The quantitative estimate of drug-likeness (QED) is 0.772. The number of fused-ring (bicyclic) bond motifs is 1. The Morgan fingerprint density at radius 1 is 1.04 bits per heavy atom. The Morgan fingerprint density at radius 3 is 2.63 bits per heavy atom. The summed E-state index contributed by atoms with van der Waals surface area (Å²) in [5.41, 5.74) is 0. The topological polar surface area (TPSA) is 77.1 Å². The largest absolute Gasteiger partial charge is 0.488 e. The summed E-state index contributed by atoms with van der Waals surface area (Å²) in [5, 5.41) is 0. The van der Waals surface area contributed by atoms with Crippen molar-refractivity contribution in [1.82, 2.24) is 9.62 Å². The van der Waals surface area contributed by atoms with Crippen LogP contribution >= 0.6 is 0 Å². The number of ether oxygens (including phenoxy) is 3. The molecule has 2 aromatic carbocycles. The molecular weight excluding hydrogens is 368 g/mol. The molecule has 2 heterocycles. The molecule has 1 fully saturated rings. The molecule has 27 heavy (non-hydrogen) atoms. The molecule has 0 amide bonds. The molecule has 1 N–H and O–H groups in total. The Hall–Kier alpha value is -2.29. The van der Waals surface area contributed by atoms with Gasteiger partial charge in [0.25, 0.3) is 0 Å². The van der Waals surface area contributed by atoms with E-state index in [1.807, 2.05) is 18.2 Å². The van der Waals surface area contributed by atoms with Gasteiger partial charge in [-0.25, -0.2) is 13.1 Å². The van der Waals surface area contributed by atoms with Crippen LogP contribution in [0.2, 0.25) is 0 Å². The van der Waals surface area contributed by atoms with E-state index in [4.69, 9.17) is 14.2 Å². The first-order chi connectivity index (χ1) is 13.1. The Kier molecular flexibility index (Phi) is 5.20. The van der Waals surface area contributed by atoms with Gasteiger partial charge in [-0.15, -0.1) is 0 Å². The molecule has 2 aliphatic heterocycles. The molecule has 0 spiro atoms. The first-order valence-electron chi connectivity index (χ1n) is 8.93. The predicted octanol–water partition coefficient (Wildman–Crippen LogP) is 1.50. The van der Waals surface area contributed by atoms with Gasteiger partial charge in [0.2, 0.25) is 15.8 Å². The summed E-state index contributed by atoms with van der Waals surface area (Å²) in [4.78, 5) is 2.44. The van der Waals surface area contributed by atoms with Crippen molar-refractivity contribution in [3.05, 3.63) is 48.5 Å². The van der Waals surface area contributed by atoms with E-state index < -0.39 is 10.0 Å². The van der Waals surface area contributed by atoms with Crippen LogP contribution < -0.4 is 18.9 Å². The molecule has 8 heteroatoms. The van der Waals surface area contributed by atoms with Gasteiger partial charge in [-0.05, 0) is 24.3 Å². The molecular formula is C19H22N2O5S. The Morgan fingerprint density at radius 2 is 1.81 bits per heavy atom. The molecule has 144 valence electrons. The zero-order valence-electron chi connectivity index (χ0n) is 14.8. The molecule has 0 bridgehead atoms. The van der Waals surface area contributed by atoms with Gasteiger partial charge in [-0.3, -0.25) is 4.90 Å². The normalized spacial score (nSPS) is 17.3. The van der Waals surface area contributed by atoms with Crippen LogP contribution in [0.15, 0.2) is 53.4 Å². The summed E-state index contributed by atoms with van der Waals surface area (Å²) in [6, 6.07) is 14.0. The van der Waals surface area contributed by atoms with Gasteiger partial charge in [-0.1, -0.05) is 24.3 Å². The number of benzene rings is 2. The van der Waals surface area contributed by atoms with E-state index in [0.29, 0.717) is 61.6 Å². The third-order valence-electron chi connectivity index (χ3n) is 4.53. The van der Waals surface area contributed by atoms with Gasteiger partial charge in [0.05, 0.1) is 4.90 Å². The van der Waals surface area contributed by atoms with Crippen LogP contribution in [0.5, 0.6) is 17.2 Å². The van der Waals surface area contributed by atoms with Crippen molar-refractivity contribution in [3.63, 3.8) is 0 Å². The Labute approximate surface area is 158 Å². The lowest BCUT2D eigenvalue weighted by molar-refractivity contribution is 0.112. The maximum atomic E-state index is 12.3. The highest BCUT2D eigenvalue weighted by molar-refractivity contribution is 7.89. The van der Waals surface area contributed by atoms with E-state index in [1.54, 1.807) is 30.3 Å². The maximum Gasteiger partial charge on any atom is 0.240 e. The third kappa shape index (κ3) is 4.18. The van der Waals surface area contributed by atoms with Crippen LogP contribution in [0.3, 0.4) is 0 Å². The second-order valence-electron chi connectivity index (χ2n) is 6.52. The van der Waals surface area contributed by atoms with Crippen molar-refractivity contribution in [2.24, 2.45) is 0 Å². The van der Waals surface area contributed by atoms with Crippen molar-refractivity contribution in [3.8, 4) is 17.2 Å². The van der Waals surface area contributed by atoms with Crippen LogP contribution in [-0.4, -0.2) is 58.8 Å². The second-order valence-corrected chi connectivity index (χ2v) is 8.23. The van der Waals surface area contributed by atoms with Gasteiger partial charge in [0.15, 0.2) is 11.5 Å². The van der Waals surface area contributed by atoms with Gasteiger partial charge in [0.1, 0.15) is 19.8 Å². The van der Waals surface area contributed by atoms with E-state index in [-0.39, 0.29) is 6.04 Å². The summed E-state index contributed by atoms with van der Waals surface area (Å²) in [7, 11) is -3.46. The van der Waals surface area contributed by atoms with Crippen molar-refractivity contribution in [2.75, 3.05) is 39.5 Å². The number of nitrogens with one attached hydrogen (secondary N) is 1. The fraction of sp³-hybridized carbons (Fsp3) is 0.368. The third-order valence-corrected chi connectivity index (χ3v) is 6.06. The summed E-state index contributed by atoms with van der Waals surface area (Å²) < 4.78 is 44.3. The number of hydrogen-bond donors (Lipinski definition) is 1. The Balaban J connectivity index is 1.23. The van der Waals surface area contributed by atoms with Crippen molar-refractivity contribution in [1.29, 1.82) is 0 Å². The smallest absolute Gasteiger partial charge is 0.240 e. The molecule has 1 saturated heterocycles. The van der Waals surface area contributed by atoms with Gasteiger partial charge in [0, 0.05) is 25.7 Å². The number of hydrogen-bond acceptors (Lipinski definition) is 6. The van der Waals surface area contributed by atoms with Crippen LogP contribution in [-0.2, 0) is 10.0 Å². The lowest BCUT2D eigenvalue weighted by atomic mass is 10.1. The van der Waals surface area contributed by atoms with E-state index in [1.165, 1.54) is 0 Å². The predicted molar refractivity (Wildman–Crippen MR) is 99.9 cm³/mol. The van der Waals surface area contributed by atoms with Crippen molar-refractivity contribution in [2.45, 2.75) is 10.9 Å². The first-order valence-corrected chi connectivity index (χ1v) is 10.4. The van der Waals surface area contributed by atoms with Crippen LogP contribution in [0.4, 0.5) is 0 Å². The highest BCUT2D eigenvalue weighted by Crippen LogP contribution is 2.38. The van der Waals surface area contributed by atoms with Crippen LogP contribution in [0.25, 0.3) is 0 Å². The molecule has 0 radical (unpaired) electrons. The fourth-order valence-electron chi connectivity index (χ4n) is 3.16. The molecule has 0 unspecified atom stereocenters. The number of likely N-dealkylation sites (tertiary alicyclic amines) is 1. The molecule has 0 atom stereocenters. The number of nitrogens with zero attached hydrogens (tertiary/aromatic N) is 1. The molecule has 0 aromatic heterocycles. The molecule has 0 aliphatic carbocycles. The summed E-state index contributed by atoms with van der Waals surface area (Å²) >= 11 is 0. The zero-order valence-corrected chi connectivity index (χ0v) is 15.7. The number of sulfonamides is 1. The van der Waals surface area contributed by atoms with E-state index >= 15 is 0 Å². The SMILES string of the molecule is O=S(=O)(NC1CN(CCOc2cccc3c2OCCO3)C1)c1ccccc1. The van der Waals surface area contributed by atoms with Crippen molar-refractivity contribution < 1.29 is 22.6 Å². The first kappa shape index (κ1) is 18.1. The lowest BCUT2D eigenvalue weighted by Crippen LogP contribution is -2.59. The zero-order chi connectivity index (χ0) is 18.7. The monoisotopic (exact) mass is 390 g/mol. The molecule has 4 rings (SSSR count). The molecule has 2 aromatic rings. The Bertz CT molecular complexity index is 882. The summed E-state index contributed by atoms with van der Waals surface area (Å²) in [6.45, 7) is 3.61. The van der Waals surface area contributed by atoms with E-state index in [9.17, 15) is 8.42 Å². The van der Waals surface area contributed by atoms with E-state index in [0.717, 1.165) is 0 Å². The highest BCUT2D eigenvalue weighted by Gasteiger charge is 2.30. The van der Waals surface area contributed by atoms with Crippen molar-refractivity contribution >= 4 is 10.0 Å². The van der Waals surface area contributed by atoms with Gasteiger partial charge < -0.3 is 14.2 Å². The standard InChI is InChI=1S/C19H22N2O5S/c22-27(23,16-5-2-1-3-6-16)20-15-13-21(14-15)9-10-24-17-7-4-8-18-19(17)26-12-11-25-18/h1-8,15,20H,9-14H2. The average Bonchev–Trinajstić information content (AvgIpc) is 2.66. The maximum absolute atomic E-state index is 12.3. The number of rotatable bonds is 7. The minimum atomic E-state index is -3.46. The van der Waals surface area contributed by atoms with Crippen LogP contribution in [0, 0.1) is 0 Å². The lowest BCUT2D eigenvalue weighted by Gasteiger charge is -2.39. The second kappa shape index (κ2) is 7.75. The summed E-state index contributed by atoms with van der Waals surface area (Å²) in [5.74, 6) is 2.04. The van der Waals surface area contributed by atoms with Gasteiger partial charge in [-0.2, -0.15) is 0 Å². The molecule has 2 aliphatic rings. The summed E-state index contributed by atoms with van der Waals surface area (Å²) in [6.07, 6.45) is 0. The molecule has 7 nitrogen and oxygen atoms in total. The van der Waals surface area contributed by atoms with Gasteiger partial charge >= 0.3 is 0 Å². The number of para-hydroxylation sites is 1. The van der Waals surface area contributed by atoms with E-state index in [2.05, 4.69) is 9.62 Å². The highest BCUT2D eigenvalue weighted by atomic mass is 32.2. The molecule has 0 saturated carbocycles. The fourth-order valence-corrected chi connectivity index (χ4v) is 4.40. The van der Waals surface area contributed by atoms with Crippen LogP contribution in [0.1, 0.15) is 0 Å². The minimum absolute atomic E-state index is 0.0728. The minimum Gasteiger partial charge on any atom is -0.488 e.